The highest BCUT2D eigenvalue weighted by Gasteiger charge is 2.10. The summed E-state index contributed by atoms with van der Waals surface area (Å²) in [4.78, 5) is 8.79. The lowest BCUT2D eigenvalue weighted by atomic mass is 10.1. The van der Waals surface area contributed by atoms with Crippen LogP contribution in [0.2, 0.25) is 0 Å². The molecule has 1 aromatic heterocycles. The minimum Gasteiger partial charge on any atom is -0.496 e. The topological polar surface area (TPSA) is 77.0 Å². The minimum absolute atomic E-state index is 0. The highest BCUT2D eigenvalue weighted by molar-refractivity contribution is 14.0. The molecule has 0 bridgehead atoms. The van der Waals surface area contributed by atoms with Gasteiger partial charge in [0.25, 0.3) is 0 Å². The van der Waals surface area contributed by atoms with Gasteiger partial charge in [-0.3, -0.25) is 9.98 Å². The number of halogens is 1. The number of aliphatic imine (C=N–C) groups is 1. The molecule has 2 N–H and O–H groups in total. The number of ether oxygens (including phenoxy) is 3. The number of nitrogens with one attached hydrogen (secondary N) is 2. The number of anilines is 1. The summed E-state index contributed by atoms with van der Waals surface area (Å²) in [5.74, 6) is 2.32. The molecule has 0 fully saturated rings. The fourth-order valence-electron chi connectivity index (χ4n) is 2.79. The van der Waals surface area contributed by atoms with Crippen molar-refractivity contribution in [3.05, 3.63) is 47.3 Å². The van der Waals surface area contributed by atoms with E-state index in [4.69, 9.17) is 14.2 Å². The fourth-order valence-corrected chi connectivity index (χ4v) is 2.79. The molecule has 0 unspecified atom stereocenters. The first-order chi connectivity index (χ1) is 13.6. The van der Waals surface area contributed by atoms with Crippen molar-refractivity contribution in [2.45, 2.75) is 26.8 Å². The number of aryl methyl sites for hydroxylation is 1. The normalized spacial score (nSPS) is 10.9. The summed E-state index contributed by atoms with van der Waals surface area (Å²) < 4.78 is 16.2. The average Bonchev–Trinajstić information content (AvgIpc) is 2.70. The van der Waals surface area contributed by atoms with Gasteiger partial charge < -0.3 is 24.8 Å². The minimum atomic E-state index is 0. The first-order valence-corrected chi connectivity index (χ1v) is 9.27. The second kappa shape index (κ2) is 13.2. The molecule has 29 heavy (non-hydrogen) atoms. The quantitative estimate of drug-likeness (QED) is 0.229. The standard InChI is InChI=1S/C21H30N4O3.HI/c1-15-13-23-19(16(2)20(15)27-5)14-24-21(22-3)25-17-8-6-9-18(12-17)28-11-7-10-26-4;/h6,8-9,12-13H,7,10-11,14H2,1-5H3,(H2,22,24,25);1H. The number of guanidine groups is 1. The monoisotopic (exact) mass is 514 g/mol. The van der Waals surface area contributed by atoms with Crippen molar-refractivity contribution < 1.29 is 14.2 Å². The Bertz CT molecular complexity index is 799. The summed E-state index contributed by atoms with van der Waals surface area (Å²) in [6, 6.07) is 7.78. The zero-order valence-corrected chi connectivity index (χ0v) is 20.1. The number of nitrogens with zero attached hydrogens (tertiary/aromatic N) is 2. The Kier molecular flexibility index (Phi) is 11.4. The van der Waals surface area contributed by atoms with Crippen LogP contribution in [0.1, 0.15) is 23.2 Å². The number of benzene rings is 1. The van der Waals surface area contributed by atoms with E-state index in [1.165, 1.54) is 0 Å². The number of hydrogen-bond acceptors (Lipinski definition) is 5. The highest BCUT2D eigenvalue weighted by atomic mass is 127. The Hall–Kier alpha value is -2.07. The van der Waals surface area contributed by atoms with E-state index in [9.17, 15) is 0 Å². The van der Waals surface area contributed by atoms with Crippen molar-refractivity contribution >= 4 is 35.6 Å². The first kappa shape index (κ1) is 25.0. The van der Waals surface area contributed by atoms with Gasteiger partial charge in [-0.25, -0.2) is 0 Å². The van der Waals surface area contributed by atoms with Crippen LogP contribution in [0.5, 0.6) is 11.5 Å². The maximum absolute atomic E-state index is 5.74. The number of hydrogen-bond donors (Lipinski definition) is 2. The molecule has 0 saturated carbocycles. The van der Waals surface area contributed by atoms with Gasteiger partial charge in [-0.15, -0.1) is 24.0 Å². The van der Waals surface area contributed by atoms with Crippen LogP contribution in [-0.4, -0.2) is 45.4 Å². The number of methoxy groups -OCH3 is 2. The summed E-state index contributed by atoms with van der Waals surface area (Å²) >= 11 is 0. The number of pyridine rings is 1. The molecule has 0 aliphatic heterocycles. The average molecular weight is 514 g/mol. The van der Waals surface area contributed by atoms with Crippen molar-refractivity contribution in [2.75, 3.05) is 39.8 Å². The van der Waals surface area contributed by atoms with Gasteiger partial charge in [0.2, 0.25) is 0 Å². The molecule has 7 nitrogen and oxygen atoms in total. The van der Waals surface area contributed by atoms with Gasteiger partial charge in [0.1, 0.15) is 11.5 Å². The SMILES string of the molecule is CN=C(NCc1ncc(C)c(OC)c1C)Nc1cccc(OCCCOC)c1.I. The van der Waals surface area contributed by atoms with Crippen LogP contribution in [0, 0.1) is 13.8 Å². The molecule has 0 saturated heterocycles. The third-order valence-corrected chi connectivity index (χ3v) is 4.25. The van der Waals surface area contributed by atoms with Crippen LogP contribution >= 0.6 is 24.0 Å². The zero-order valence-electron chi connectivity index (χ0n) is 17.7. The van der Waals surface area contributed by atoms with Gasteiger partial charge in [-0.05, 0) is 26.0 Å². The van der Waals surface area contributed by atoms with Crippen LogP contribution < -0.4 is 20.1 Å². The molecule has 0 amide bonds. The molecule has 1 aromatic carbocycles. The molecule has 8 heteroatoms. The maximum Gasteiger partial charge on any atom is 0.195 e. The predicted molar refractivity (Wildman–Crippen MR) is 128 cm³/mol. The molecular weight excluding hydrogens is 483 g/mol. The molecule has 0 radical (unpaired) electrons. The Morgan fingerprint density at radius 3 is 2.66 bits per heavy atom. The molecule has 160 valence electrons. The Labute approximate surface area is 190 Å². The lowest BCUT2D eigenvalue weighted by Gasteiger charge is -2.15. The summed E-state index contributed by atoms with van der Waals surface area (Å²) in [6.45, 7) is 5.84. The van der Waals surface area contributed by atoms with E-state index in [0.29, 0.717) is 25.7 Å². The van der Waals surface area contributed by atoms with Gasteiger partial charge in [0.05, 0.1) is 26.0 Å². The summed E-state index contributed by atoms with van der Waals surface area (Å²) in [5.41, 5.74) is 3.86. The van der Waals surface area contributed by atoms with Gasteiger partial charge in [-0.1, -0.05) is 6.07 Å². The molecule has 0 atom stereocenters. The van der Waals surface area contributed by atoms with Crippen molar-refractivity contribution in [3.63, 3.8) is 0 Å². The van der Waals surface area contributed by atoms with Crippen LogP contribution in [0.15, 0.2) is 35.5 Å². The smallest absolute Gasteiger partial charge is 0.195 e. The fraction of sp³-hybridized carbons (Fsp3) is 0.429. The van der Waals surface area contributed by atoms with E-state index in [-0.39, 0.29) is 24.0 Å². The molecule has 0 spiro atoms. The van der Waals surface area contributed by atoms with E-state index >= 15 is 0 Å². The number of rotatable bonds is 9. The van der Waals surface area contributed by atoms with Gasteiger partial charge >= 0.3 is 0 Å². The van der Waals surface area contributed by atoms with Crippen LogP contribution in [0.25, 0.3) is 0 Å². The predicted octanol–water partition coefficient (Wildman–Crippen LogP) is 3.93. The summed E-state index contributed by atoms with van der Waals surface area (Å²) in [5, 5.41) is 6.56. The van der Waals surface area contributed by atoms with Gasteiger partial charge in [0, 0.05) is 56.3 Å². The van der Waals surface area contributed by atoms with E-state index in [0.717, 1.165) is 40.4 Å². The van der Waals surface area contributed by atoms with Gasteiger partial charge in [0.15, 0.2) is 5.96 Å². The lowest BCUT2D eigenvalue weighted by Crippen LogP contribution is -2.30. The largest absolute Gasteiger partial charge is 0.496 e. The second-order valence-electron chi connectivity index (χ2n) is 6.32. The Morgan fingerprint density at radius 1 is 1.17 bits per heavy atom. The Balaban J connectivity index is 0.00000420. The first-order valence-electron chi connectivity index (χ1n) is 9.27. The summed E-state index contributed by atoms with van der Waals surface area (Å²) in [6.07, 6.45) is 2.67. The molecule has 0 aliphatic carbocycles. The molecule has 2 aromatic rings. The Morgan fingerprint density at radius 2 is 1.97 bits per heavy atom. The van der Waals surface area contributed by atoms with Crippen molar-refractivity contribution in [1.82, 2.24) is 10.3 Å². The third kappa shape index (κ3) is 7.69. The third-order valence-electron chi connectivity index (χ3n) is 4.25. The van der Waals surface area contributed by atoms with Crippen LogP contribution in [-0.2, 0) is 11.3 Å². The van der Waals surface area contributed by atoms with Crippen molar-refractivity contribution in [1.29, 1.82) is 0 Å². The van der Waals surface area contributed by atoms with E-state index in [2.05, 4.69) is 20.6 Å². The van der Waals surface area contributed by atoms with Gasteiger partial charge in [-0.2, -0.15) is 0 Å². The summed E-state index contributed by atoms with van der Waals surface area (Å²) in [7, 11) is 5.10. The molecular formula is C21H31IN4O3. The molecule has 0 aliphatic rings. The van der Waals surface area contributed by atoms with Crippen LogP contribution in [0.4, 0.5) is 5.69 Å². The highest BCUT2D eigenvalue weighted by Crippen LogP contribution is 2.24. The van der Waals surface area contributed by atoms with Crippen LogP contribution in [0.3, 0.4) is 0 Å². The van der Waals surface area contributed by atoms with E-state index in [1.807, 2.05) is 44.3 Å². The number of aromatic nitrogens is 1. The second-order valence-corrected chi connectivity index (χ2v) is 6.32. The molecule has 2 rings (SSSR count). The van der Waals surface area contributed by atoms with E-state index in [1.54, 1.807) is 21.3 Å². The maximum atomic E-state index is 5.74. The zero-order chi connectivity index (χ0) is 20.4. The molecule has 1 heterocycles. The van der Waals surface area contributed by atoms with Crippen molar-refractivity contribution in [2.24, 2.45) is 4.99 Å². The lowest BCUT2D eigenvalue weighted by molar-refractivity contribution is 0.172. The van der Waals surface area contributed by atoms with Crippen molar-refractivity contribution in [3.8, 4) is 11.5 Å². The van der Waals surface area contributed by atoms with E-state index < -0.39 is 0 Å².